The van der Waals surface area contributed by atoms with Crippen LogP contribution in [0.1, 0.15) is 127 Å². The number of aryl methyl sites for hydroxylation is 1. The van der Waals surface area contributed by atoms with Gasteiger partial charge >= 0.3 is 0 Å². The number of Topliss-reactive ketones (excluding diaryl/α,β-unsaturated/α-hetero) is 1. The Hall–Kier alpha value is -2.13. The van der Waals surface area contributed by atoms with Crippen LogP contribution in [0, 0.1) is 41.3 Å². The summed E-state index contributed by atoms with van der Waals surface area (Å²) in [5.74, 6) is 3.74. The van der Waals surface area contributed by atoms with Crippen LogP contribution in [-0.4, -0.2) is 10.8 Å². The van der Waals surface area contributed by atoms with Crippen LogP contribution in [0.5, 0.6) is 0 Å². The average molecular weight is 606 g/mol. The normalized spacial score (nSPS) is 27.4. The molecule has 2 aromatic rings. The monoisotopic (exact) mass is 605 g/mol. The maximum Gasteiger partial charge on any atom is 0.136 e. The summed E-state index contributed by atoms with van der Waals surface area (Å²) in [7, 11) is 0. The van der Waals surface area contributed by atoms with Crippen LogP contribution in [0.25, 0.3) is 5.57 Å². The number of carbonyl (C=O) groups excluding carboxylic acids is 1. The lowest BCUT2D eigenvalue weighted by Crippen LogP contribution is -2.22. The number of rotatable bonds is 10. The van der Waals surface area contributed by atoms with Gasteiger partial charge in [-0.25, -0.2) is 4.39 Å². The smallest absolute Gasteiger partial charge is 0.136 e. The number of hydrogen-bond donors (Lipinski definition) is 1. The van der Waals surface area contributed by atoms with E-state index >= 15 is 0 Å². The number of ketones is 1. The first kappa shape index (κ1) is 32.3. The molecule has 5 rings (SSSR count). The number of halogens is 2. The first-order valence-electron chi connectivity index (χ1n) is 17.2. The number of H-pyrrole nitrogens is 1. The Kier molecular flexibility index (Phi) is 11.1. The third kappa shape index (κ3) is 8.33. The lowest BCUT2D eigenvalue weighted by atomic mass is 9.71. The number of hydrogen-bond acceptors (Lipinski definition) is 1. The Balaban J connectivity index is 1.21. The summed E-state index contributed by atoms with van der Waals surface area (Å²) in [6.45, 7) is 9.57. The molecule has 2 fully saturated rings. The zero-order valence-corrected chi connectivity index (χ0v) is 27.7. The molecule has 0 radical (unpaired) electrons. The molecule has 1 aromatic heterocycles. The van der Waals surface area contributed by atoms with Crippen LogP contribution in [0.15, 0.2) is 48.2 Å². The Morgan fingerprint density at radius 1 is 1.07 bits per heavy atom. The molecule has 1 aromatic carbocycles. The third-order valence-corrected chi connectivity index (χ3v) is 11.3. The lowest BCUT2D eigenvalue weighted by Gasteiger charge is -2.34. The van der Waals surface area contributed by atoms with E-state index in [9.17, 15) is 9.18 Å². The fraction of sp³-hybridized carbons (Fsp3) is 0.615. The molecule has 0 aliphatic heterocycles. The van der Waals surface area contributed by atoms with Gasteiger partial charge in [-0.3, -0.25) is 4.79 Å². The molecule has 2 saturated carbocycles. The van der Waals surface area contributed by atoms with E-state index in [0.717, 1.165) is 44.1 Å². The summed E-state index contributed by atoms with van der Waals surface area (Å²) in [4.78, 5) is 17.2. The zero-order valence-electron chi connectivity index (χ0n) is 26.9. The van der Waals surface area contributed by atoms with Crippen molar-refractivity contribution < 1.29 is 9.18 Å². The molecule has 1 heterocycles. The standard InChI is InChI=1S/C39H53ClFNO/c1-25-8-5-10-27(3)39-36(20-21-42-39)38(28(25)4)34-18-14-29(11-6-9-26(34)2)15-19-37(43)35(31-16-17-31)13-7-12-30-22-32(40)24-33(41)23-30/h5,8,20-27,29,31,34-35,42H,6-7,9-19H2,1-4H3. The van der Waals surface area contributed by atoms with Gasteiger partial charge in [-0.1, -0.05) is 69.4 Å². The minimum atomic E-state index is -0.279. The molecule has 0 saturated heterocycles. The van der Waals surface area contributed by atoms with E-state index in [-0.39, 0.29) is 11.7 Å². The van der Waals surface area contributed by atoms with E-state index in [4.69, 9.17) is 11.6 Å². The first-order valence-corrected chi connectivity index (χ1v) is 17.6. The van der Waals surface area contributed by atoms with Crippen LogP contribution in [-0.2, 0) is 11.2 Å². The molecule has 6 atom stereocenters. The van der Waals surface area contributed by atoms with E-state index < -0.39 is 0 Å². The summed E-state index contributed by atoms with van der Waals surface area (Å²) >= 11 is 6.06. The molecule has 3 aliphatic rings. The first-order chi connectivity index (χ1) is 20.7. The molecular formula is C39H53ClFNO. The second-order valence-corrected chi connectivity index (χ2v) is 14.8. The van der Waals surface area contributed by atoms with Gasteiger partial charge in [0.25, 0.3) is 0 Å². The Morgan fingerprint density at radius 3 is 2.65 bits per heavy atom. The fourth-order valence-electron chi connectivity index (χ4n) is 8.19. The van der Waals surface area contributed by atoms with Gasteiger partial charge in [0.2, 0.25) is 0 Å². The second kappa shape index (κ2) is 14.8. The highest BCUT2D eigenvalue weighted by molar-refractivity contribution is 6.30. The summed E-state index contributed by atoms with van der Waals surface area (Å²) in [5.41, 5.74) is 6.92. The summed E-state index contributed by atoms with van der Waals surface area (Å²) in [5, 5.41) is 0.451. The number of fused-ring (bicyclic) bond motifs is 1. The van der Waals surface area contributed by atoms with Gasteiger partial charge < -0.3 is 4.98 Å². The minimum Gasteiger partial charge on any atom is -0.364 e. The van der Waals surface area contributed by atoms with Crippen molar-refractivity contribution in [3.8, 4) is 0 Å². The van der Waals surface area contributed by atoms with Crippen molar-refractivity contribution >= 4 is 23.0 Å². The Bertz CT molecular complexity index is 1280. The highest BCUT2D eigenvalue weighted by atomic mass is 35.5. The van der Waals surface area contributed by atoms with Crippen molar-refractivity contribution in [3.05, 3.63) is 75.8 Å². The highest BCUT2D eigenvalue weighted by Crippen LogP contribution is 2.46. The number of allylic oxidation sites excluding steroid dienone is 4. The largest absolute Gasteiger partial charge is 0.364 e. The molecule has 3 aliphatic carbocycles. The van der Waals surface area contributed by atoms with Crippen molar-refractivity contribution in [1.82, 2.24) is 4.98 Å². The molecule has 234 valence electrons. The second-order valence-electron chi connectivity index (χ2n) is 14.3. The number of carbonyl (C=O) groups is 1. The Morgan fingerprint density at radius 2 is 1.88 bits per heavy atom. The van der Waals surface area contributed by atoms with Crippen molar-refractivity contribution in [2.75, 3.05) is 0 Å². The third-order valence-electron chi connectivity index (χ3n) is 11.1. The van der Waals surface area contributed by atoms with Crippen LogP contribution in [0.2, 0.25) is 5.02 Å². The van der Waals surface area contributed by atoms with Crippen molar-refractivity contribution in [3.63, 3.8) is 0 Å². The quantitative estimate of drug-likeness (QED) is 0.268. The molecular weight excluding hydrogens is 553 g/mol. The van der Waals surface area contributed by atoms with Crippen molar-refractivity contribution in [2.24, 2.45) is 35.5 Å². The molecule has 0 spiro atoms. The SMILES string of the molecule is CC1=C(C2CCC(CCC(=O)C(CCCc3cc(F)cc(Cl)c3)C3CC3)CCCC2C)c2cc[nH]c2C(C)CC=CC1C. The van der Waals surface area contributed by atoms with Gasteiger partial charge in [-0.05, 0) is 135 Å². The topological polar surface area (TPSA) is 32.9 Å². The molecule has 43 heavy (non-hydrogen) atoms. The molecule has 0 bridgehead atoms. The summed E-state index contributed by atoms with van der Waals surface area (Å²) in [6.07, 6.45) is 21.0. The number of aromatic amines is 1. The maximum absolute atomic E-state index is 13.8. The van der Waals surface area contributed by atoms with Gasteiger partial charge in [0.15, 0.2) is 0 Å². The maximum atomic E-state index is 13.8. The van der Waals surface area contributed by atoms with E-state index in [1.165, 1.54) is 67.8 Å². The summed E-state index contributed by atoms with van der Waals surface area (Å²) < 4.78 is 13.8. The van der Waals surface area contributed by atoms with Crippen LogP contribution in [0.3, 0.4) is 0 Å². The fourth-order valence-corrected chi connectivity index (χ4v) is 8.43. The van der Waals surface area contributed by atoms with Gasteiger partial charge in [-0.2, -0.15) is 0 Å². The Labute approximate surface area is 265 Å². The molecule has 4 heteroatoms. The highest BCUT2D eigenvalue weighted by Gasteiger charge is 2.36. The average Bonchev–Trinajstić information content (AvgIpc) is 3.67. The predicted octanol–water partition coefficient (Wildman–Crippen LogP) is 11.5. The van der Waals surface area contributed by atoms with Gasteiger partial charge in [0.05, 0.1) is 0 Å². The van der Waals surface area contributed by atoms with E-state index in [0.29, 0.717) is 46.3 Å². The lowest BCUT2D eigenvalue weighted by molar-refractivity contribution is -0.124. The van der Waals surface area contributed by atoms with E-state index in [2.05, 4.69) is 57.1 Å². The predicted molar refractivity (Wildman–Crippen MR) is 179 cm³/mol. The van der Waals surface area contributed by atoms with Crippen LogP contribution in [0.4, 0.5) is 4.39 Å². The van der Waals surface area contributed by atoms with Gasteiger partial charge in [0, 0.05) is 35.2 Å². The van der Waals surface area contributed by atoms with Crippen LogP contribution < -0.4 is 0 Å². The molecule has 2 nitrogen and oxygen atoms in total. The van der Waals surface area contributed by atoms with E-state index in [1.807, 2.05) is 6.07 Å². The minimum absolute atomic E-state index is 0.181. The van der Waals surface area contributed by atoms with Crippen molar-refractivity contribution in [2.45, 2.75) is 117 Å². The zero-order chi connectivity index (χ0) is 30.5. The van der Waals surface area contributed by atoms with Gasteiger partial charge in [-0.15, -0.1) is 0 Å². The molecule has 0 amide bonds. The number of benzene rings is 1. The van der Waals surface area contributed by atoms with Crippen LogP contribution >= 0.6 is 11.6 Å². The molecule has 6 unspecified atom stereocenters. The van der Waals surface area contributed by atoms with Crippen molar-refractivity contribution in [1.29, 1.82) is 0 Å². The number of nitrogens with one attached hydrogen (secondary N) is 1. The van der Waals surface area contributed by atoms with E-state index in [1.54, 1.807) is 11.6 Å². The van der Waals surface area contributed by atoms with Gasteiger partial charge in [0.1, 0.15) is 11.6 Å². The molecule has 1 N–H and O–H groups in total. The summed E-state index contributed by atoms with van der Waals surface area (Å²) in [6, 6.07) is 7.12. The number of aromatic nitrogens is 1.